The number of hydrogen-bond donors (Lipinski definition) is 3. The standard InChI is InChI=1S/C18H14BrF3N2O4.C18H15F3N2O4.C16H13F3N4O3.C12H9F3N2O2/c1-3-27-17(25)15-11(8-19)23-16(28-15)10-4-6-12(26-2)14-9(10)5-7-13(24-14)18(20,21)22;1-4-26-17(24)15-9(2)22-16(27-15)11-5-7-12(25-3)14-10(11)6-8-13(23-14)18(19,20)21;1-25-10-4-2-8(15-22-9(6-20)13(26-15)14(21)24)7-3-5-11(16(17,18)19)23-12(7)10;1-19-8-4-2-7(11(16)18)6-3-5-9(12(13,14)15)17-10(6)8/h4-7H,3,8H2,1-2H3;5-8H,4H2,1-3H3;2-5H,6,20H2,1H3,(H2,21,24);2-5H,1H3,(H2,16,18). The quantitative estimate of drug-likeness (QED) is 0.0487. The zero-order valence-corrected chi connectivity index (χ0v) is 54.2. The van der Waals surface area contributed by atoms with Crippen LogP contribution in [0.4, 0.5) is 52.7 Å². The smallest absolute Gasteiger partial charge is 0.433 e. The van der Waals surface area contributed by atoms with E-state index in [1.807, 2.05) is 0 Å². The molecule has 6 N–H and O–H groups in total. The lowest BCUT2D eigenvalue weighted by Crippen LogP contribution is -2.13. The number of nitrogens with zero attached hydrogens (tertiary/aromatic N) is 7. The maximum Gasteiger partial charge on any atom is 0.433 e. The van der Waals surface area contributed by atoms with Gasteiger partial charge in [-0.05, 0) is 118 Å². The van der Waals surface area contributed by atoms with Gasteiger partial charge in [0.25, 0.3) is 5.91 Å². The second-order valence-corrected chi connectivity index (χ2v) is 20.7. The highest BCUT2D eigenvalue weighted by Crippen LogP contribution is 2.42. The number of aryl methyl sites for hydroxylation is 1. The van der Waals surface area contributed by atoms with Crippen molar-refractivity contribution in [3.8, 4) is 57.4 Å². The molecule has 11 aromatic rings. The van der Waals surface area contributed by atoms with Crippen LogP contribution in [0.15, 0.2) is 110 Å². The molecule has 0 spiro atoms. The van der Waals surface area contributed by atoms with Gasteiger partial charge in [-0.15, -0.1) is 0 Å². The molecular weight excluding hydrogens is 1420 g/mol. The molecule has 4 aromatic carbocycles. The SMILES string of the molecule is CCOC(=O)c1oc(-c2ccc(OC)c3nc(C(F)(F)F)ccc23)nc1C.CCOC(=O)c1oc(-c2ccc(OC)c3nc(C(F)(F)F)ccc23)nc1CBr.COc1ccc(-c2nc(CN)c(C(N)=O)o2)c2ccc(C(F)(F)F)nc12.COc1ccc(C(N)=O)c2ccc(C(F)(F)F)nc12. The lowest BCUT2D eigenvalue weighted by atomic mass is 10.1. The number of pyridine rings is 4. The number of rotatable bonds is 15. The third-order valence-electron chi connectivity index (χ3n) is 13.9. The number of esters is 2. The van der Waals surface area contributed by atoms with Gasteiger partial charge >= 0.3 is 36.6 Å². The molecule has 0 atom stereocenters. The summed E-state index contributed by atoms with van der Waals surface area (Å²) in [5.41, 5.74) is 13.6. The van der Waals surface area contributed by atoms with Gasteiger partial charge in [-0.1, -0.05) is 15.9 Å². The van der Waals surface area contributed by atoms with Gasteiger partial charge in [0.2, 0.25) is 40.9 Å². The largest absolute Gasteiger partial charge is 0.494 e. The van der Waals surface area contributed by atoms with Crippen LogP contribution in [0, 0.1) is 6.92 Å². The summed E-state index contributed by atoms with van der Waals surface area (Å²) in [4.78, 5) is 73.7. The van der Waals surface area contributed by atoms with Gasteiger partial charge in [0.05, 0.1) is 47.3 Å². The predicted octanol–water partition coefficient (Wildman–Crippen LogP) is 14.2. The number of halogens is 13. The minimum atomic E-state index is -4.61. The summed E-state index contributed by atoms with van der Waals surface area (Å²) in [5.74, 6) is -2.49. The van der Waals surface area contributed by atoms with E-state index in [-0.39, 0.29) is 122 Å². The second kappa shape index (κ2) is 30.3. The number of oxazole rings is 3. The Balaban J connectivity index is 0.000000171. The van der Waals surface area contributed by atoms with Crippen LogP contribution in [0.3, 0.4) is 0 Å². The summed E-state index contributed by atoms with van der Waals surface area (Å²) in [6.07, 6.45) is -18.4. The molecule has 36 heteroatoms. The summed E-state index contributed by atoms with van der Waals surface area (Å²) in [5, 5.41) is 1.44. The molecule has 0 saturated heterocycles. The Morgan fingerprint density at radius 1 is 0.420 bits per heavy atom. The van der Waals surface area contributed by atoms with Crippen molar-refractivity contribution in [3.05, 3.63) is 160 Å². The molecule has 0 unspecified atom stereocenters. The number of primary amides is 2. The number of ether oxygens (including phenoxy) is 6. The Bertz CT molecular complexity index is 4900. The van der Waals surface area contributed by atoms with Gasteiger partial charge in [0.1, 0.15) is 79.2 Å². The Labute approximate surface area is 563 Å². The average molecular weight is 1480 g/mol. The highest BCUT2D eigenvalue weighted by atomic mass is 79.9. The van der Waals surface area contributed by atoms with Crippen molar-refractivity contribution in [1.29, 1.82) is 0 Å². The van der Waals surface area contributed by atoms with Gasteiger partial charge < -0.3 is 58.9 Å². The Hall–Kier alpha value is -11.2. The van der Waals surface area contributed by atoms with Crippen LogP contribution in [-0.2, 0) is 46.1 Å². The number of carbonyl (C=O) groups excluding carboxylic acids is 4. The summed E-state index contributed by atoms with van der Waals surface area (Å²) < 4.78 is 202. The number of fused-ring (bicyclic) bond motifs is 4. The molecule has 7 aromatic heterocycles. The van der Waals surface area contributed by atoms with Crippen LogP contribution in [0.2, 0.25) is 0 Å². The summed E-state index contributed by atoms with van der Waals surface area (Å²) in [6, 6.07) is 20.1. The number of aromatic nitrogens is 7. The predicted molar refractivity (Wildman–Crippen MR) is 334 cm³/mol. The minimum Gasteiger partial charge on any atom is -0.494 e. The van der Waals surface area contributed by atoms with E-state index in [4.69, 9.17) is 58.9 Å². The Morgan fingerprint density at radius 2 is 0.740 bits per heavy atom. The Morgan fingerprint density at radius 3 is 1.06 bits per heavy atom. The molecule has 0 aliphatic rings. The number of alkyl halides is 13. The summed E-state index contributed by atoms with van der Waals surface area (Å²) in [7, 11) is 5.30. The van der Waals surface area contributed by atoms with Crippen molar-refractivity contribution in [2.45, 2.75) is 57.4 Å². The highest BCUT2D eigenvalue weighted by molar-refractivity contribution is 9.08. The number of carbonyl (C=O) groups is 4. The topological polar surface area (TPSA) is 331 Å². The third-order valence-corrected chi connectivity index (χ3v) is 14.5. The normalized spacial score (nSPS) is 11.7. The van der Waals surface area contributed by atoms with Crippen LogP contribution in [0.5, 0.6) is 23.0 Å². The first-order valence-corrected chi connectivity index (χ1v) is 29.7. The molecule has 0 radical (unpaired) electrons. The molecule has 0 aliphatic carbocycles. The number of hydrogen-bond acceptors (Lipinski definition) is 21. The fourth-order valence-corrected chi connectivity index (χ4v) is 9.82. The maximum absolute atomic E-state index is 13.0. The zero-order valence-electron chi connectivity index (χ0n) is 52.6. The molecule has 2 amide bonds. The van der Waals surface area contributed by atoms with E-state index in [0.29, 0.717) is 44.2 Å². The van der Waals surface area contributed by atoms with Crippen molar-refractivity contribution in [1.82, 2.24) is 34.9 Å². The minimum absolute atomic E-state index is 0.00565. The van der Waals surface area contributed by atoms with Crippen LogP contribution >= 0.6 is 15.9 Å². The van der Waals surface area contributed by atoms with E-state index in [1.54, 1.807) is 32.9 Å². The number of nitrogens with two attached hydrogens (primary N) is 3. The van der Waals surface area contributed by atoms with Crippen LogP contribution in [0.1, 0.15) is 95.7 Å². The maximum atomic E-state index is 13.0. The number of benzene rings is 4. The van der Waals surface area contributed by atoms with Crippen LogP contribution in [-0.4, -0.2) is 100 Å². The van der Waals surface area contributed by atoms with Gasteiger partial charge in [-0.3, -0.25) is 9.59 Å². The molecule has 0 fully saturated rings. The van der Waals surface area contributed by atoms with Crippen molar-refractivity contribution in [2.24, 2.45) is 17.2 Å². The third kappa shape index (κ3) is 16.2. The van der Waals surface area contributed by atoms with E-state index >= 15 is 0 Å². The molecule has 0 aliphatic heterocycles. The second-order valence-electron chi connectivity index (χ2n) is 20.2. The zero-order chi connectivity index (χ0) is 73.5. The van der Waals surface area contributed by atoms with Crippen molar-refractivity contribution >= 4 is 83.3 Å². The molecule has 0 bridgehead atoms. The lowest BCUT2D eigenvalue weighted by Gasteiger charge is -2.11. The molecule has 0 saturated carbocycles. The fourth-order valence-electron chi connectivity index (χ4n) is 9.44. The van der Waals surface area contributed by atoms with E-state index in [2.05, 4.69) is 50.8 Å². The fraction of sp³-hybridized carbons (Fsp3) is 0.234. The van der Waals surface area contributed by atoms with E-state index in [1.165, 1.54) is 83.0 Å². The van der Waals surface area contributed by atoms with E-state index in [0.717, 1.165) is 30.3 Å². The molecule has 7 heterocycles. The summed E-state index contributed by atoms with van der Waals surface area (Å²) in [6.45, 7) is 5.13. The molecule has 11 rings (SSSR count). The number of amides is 2. The highest BCUT2D eigenvalue weighted by Gasteiger charge is 2.37. The average Bonchev–Trinajstić information content (AvgIpc) is 1.33. The summed E-state index contributed by atoms with van der Waals surface area (Å²) >= 11 is 3.23. The number of methoxy groups -OCH3 is 4. The molecular formula is C64H51BrF12N10O13. The van der Waals surface area contributed by atoms with Crippen molar-refractivity contribution in [3.63, 3.8) is 0 Å². The first-order chi connectivity index (χ1) is 47.1. The molecule has 23 nitrogen and oxygen atoms in total. The van der Waals surface area contributed by atoms with Crippen molar-refractivity contribution in [2.75, 3.05) is 41.7 Å². The Kier molecular flexibility index (Phi) is 22.6. The first kappa shape index (κ1) is 74.6. The van der Waals surface area contributed by atoms with Crippen LogP contribution < -0.4 is 36.1 Å². The van der Waals surface area contributed by atoms with Gasteiger partial charge in [-0.2, -0.15) is 52.7 Å². The van der Waals surface area contributed by atoms with Crippen molar-refractivity contribution < 1.29 is 114 Å². The monoisotopic (exact) mass is 1470 g/mol. The van der Waals surface area contributed by atoms with Crippen LogP contribution in [0.25, 0.3) is 78.0 Å². The molecule has 100 heavy (non-hydrogen) atoms. The molecule has 526 valence electrons. The van der Waals surface area contributed by atoms with Gasteiger partial charge in [0, 0.05) is 55.7 Å². The van der Waals surface area contributed by atoms with Gasteiger partial charge in [0.15, 0.2) is 0 Å². The first-order valence-electron chi connectivity index (χ1n) is 28.5. The van der Waals surface area contributed by atoms with Gasteiger partial charge in [-0.25, -0.2) is 44.5 Å². The van der Waals surface area contributed by atoms with E-state index < -0.39 is 71.2 Å². The van der Waals surface area contributed by atoms with E-state index in [9.17, 15) is 71.9 Å². The lowest BCUT2D eigenvalue weighted by molar-refractivity contribution is -0.141.